The van der Waals surface area contributed by atoms with Gasteiger partial charge in [0.2, 0.25) is 0 Å². The van der Waals surface area contributed by atoms with Gasteiger partial charge in [0.15, 0.2) is 0 Å². The molecule has 1 aromatic rings. The van der Waals surface area contributed by atoms with Crippen LogP contribution in [0.25, 0.3) is 0 Å². The van der Waals surface area contributed by atoms with Gasteiger partial charge in [0.25, 0.3) is 0 Å². The van der Waals surface area contributed by atoms with E-state index in [1.165, 1.54) is 4.90 Å². The molecular formula is C11H15ClOS. The first kappa shape index (κ1) is 11.7. The van der Waals surface area contributed by atoms with Gasteiger partial charge in [-0.1, -0.05) is 6.92 Å². The Morgan fingerprint density at radius 1 is 1.36 bits per heavy atom. The zero-order valence-electron chi connectivity index (χ0n) is 8.50. The van der Waals surface area contributed by atoms with Crippen LogP contribution in [0.15, 0.2) is 29.2 Å². The van der Waals surface area contributed by atoms with Crippen molar-refractivity contribution in [3.63, 3.8) is 0 Å². The van der Waals surface area contributed by atoms with E-state index < -0.39 is 0 Å². The highest BCUT2D eigenvalue weighted by molar-refractivity contribution is 7.99. The number of methoxy groups -OCH3 is 1. The Hall–Kier alpha value is -0.340. The van der Waals surface area contributed by atoms with E-state index in [2.05, 4.69) is 19.1 Å². The molecule has 1 rings (SSSR count). The van der Waals surface area contributed by atoms with Crippen molar-refractivity contribution >= 4 is 23.4 Å². The van der Waals surface area contributed by atoms with Gasteiger partial charge in [-0.05, 0) is 30.2 Å². The first-order chi connectivity index (χ1) is 6.76. The van der Waals surface area contributed by atoms with Crippen LogP contribution < -0.4 is 4.74 Å². The molecule has 0 aromatic heterocycles. The first-order valence-corrected chi connectivity index (χ1v) is 6.11. The Kier molecular flexibility index (Phi) is 5.20. The van der Waals surface area contributed by atoms with Crippen LogP contribution in [0.3, 0.4) is 0 Å². The zero-order valence-corrected chi connectivity index (χ0v) is 10.1. The maximum absolute atomic E-state index is 5.73. The minimum Gasteiger partial charge on any atom is -0.497 e. The third-order valence-electron chi connectivity index (χ3n) is 1.86. The fraction of sp³-hybridized carbons (Fsp3) is 0.455. The van der Waals surface area contributed by atoms with Crippen LogP contribution in [0, 0.1) is 5.92 Å². The summed E-state index contributed by atoms with van der Waals surface area (Å²) >= 11 is 7.56. The van der Waals surface area contributed by atoms with Gasteiger partial charge in [-0.15, -0.1) is 23.4 Å². The number of rotatable bonds is 5. The number of alkyl halides is 1. The summed E-state index contributed by atoms with van der Waals surface area (Å²) in [5, 5.41) is 0. The van der Waals surface area contributed by atoms with E-state index in [-0.39, 0.29) is 0 Å². The van der Waals surface area contributed by atoms with Gasteiger partial charge in [-0.2, -0.15) is 0 Å². The van der Waals surface area contributed by atoms with Crippen LogP contribution in [-0.2, 0) is 0 Å². The van der Waals surface area contributed by atoms with Gasteiger partial charge in [0, 0.05) is 16.5 Å². The Morgan fingerprint density at radius 3 is 2.50 bits per heavy atom. The van der Waals surface area contributed by atoms with Crippen molar-refractivity contribution < 1.29 is 4.74 Å². The van der Waals surface area contributed by atoms with Crippen LogP contribution in [0.1, 0.15) is 6.92 Å². The van der Waals surface area contributed by atoms with Crippen molar-refractivity contribution in [3.05, 3.63) is 24.3 Å². The Bertz CT molecular complexity index is 260. The number of benzene rings is 1. The molecule has 0 radical (unpaired) electrons. The van der Waals surface area contributed by atoms with Crippen LogP contribution in [0.5, 0.6) is 5.75 Å². The molecule has 0 spiro atoms. The maximum Gasteiger partial charge on any atom is 0.118 e. The van der Waals surface area contributed by atoms with Crippen LogP contribution in [0.2, 0.25) is 0 Å². The minimum atomic E-state index is 0.559. The second-order valence-electron chi connectivity index (χ2n) is 3.25. The van der Waals surface area contributed by atoms with E-state index in [1.54, 1.807) is 7.11 Å². The molecule has 14 heavy (non-hydrogen) atoms. The van der Waals surface area contributed by atoms with Gasteiger partial charge in [0.05, 0.1) is 7.11 Å². The first-order valence-electron chi connectivity index (χ1n) is 4.59. The van der Waals surface area contributed by atoms with Gasteiger partial charge in [-0.25, -0.2) is 0 Å². The Morgan fingerprint density at radius 2 is 2.00 bits per heavy atom. The summed E-state index contributed by atoms with van der Waals surface area (Å²) < 4.78 is 5.09. The van der Waals surface area contributed by atoms with Crippen molar-refractivity contribution in [1.29, 1.82) is 0 Å². The van der Waals surface area contributed by atoms with Crippen molar-refractivity contribution in [1.82, 2.24) is 0 Å². The third-order valence-corrected chi connectivity index (χ3v) is 3.73. The van der Waals surface area contributed by atoms with Crippen molar-refractivity contribution in [2.75, 3.05) is 18.7 Å². The SMILES string of the molecule is COc1ccc(SCC(C)CCl)cc1. The van der Waals surface area contributed by atoms with E-state index in [9.17, 15) is 0 Å². The third kappa shape index (κ3) is 3.81. The molecule has 1 nitrogen and oxygen atoms in total. The Balaban J connectivity index is 2.43. The van der Waals surface area contributed by atoms with E-state index in [0.29, 0.717) is 5.92 Å². The molecule has 0 saturated heterocycles. The molecule has 3 heteroatoms. The molecule has 78 valence electrons. The summed E-state index contributed by atoms with van der Waals surface area (Å²) in [5.41, 5.74) is 0. The lowest BCUT2D eigenvalue weighted by atomic mass is 10.3. The summed E-state index contributed by atoms with van der Waals surface area (Å²) in [7, 11) is 1.68. The molecule has 0 N–H and O–H groups in total. The maximum atomic E-state index is 5.73. The number of thioether (sulfide) groups is 1. The molecule has 0 amide bonds. The summed E-state index contributed by atoms with van der Waals surface area (Å²) in [4.78, 5) is 1.27. The fourth-order valence-electron chi connectivity index (χ4n) is 0.955. The quantitative estimate of drug-likeness (QED) is 0.564. The lowest BCUT2D eigenvalue weighted by molar-refractivity contribution is 0.414. The fourth-order valence-corrected chi connectivity index (χ4v) is 2.12. The summed E-state index contributed by atoms with van der Waals surface area (Å²) in [6, 6.07) is 8.11. The van der Waals surface area contributed by atoms with E-state index in [0.717, 1.165) is 17.4 Å². The number of hydrogen-bond donors (Lipinski definition) is 0. The molecular weight excluding hydrogens is 216 g/mol. The van der Waals surface area contributed by atoms with Gasteiger partial charge in [0.1, 0.15) is 5.75 Å². The smallest absolute Gasteiger partial charge is 0.118 e. The van der Waals surface area contributed by atoms with E-state index in [4.69, 9.17) is 16.3 Å². The standard InChI is InChI=1S/C11H15ClOS/c1-9(7-12)8-14-11-5-3-10(13-2)4-6-11/h3-6,9H,7-8H2,1-2H3. The minimum absolute atomic E-state index is 0.559. The molecule has 1 unspecified atom stereocenters. The predicted molar refractivity (Wildman–Crippen MR) is 63.6 cm³/mol. The molecule has 0 aliphatic heterocycles. The average Bonchev–Trinajstić information content (AvgIpc) is 2.26. The summed E-state index contributed by atoms with van der Waals surface area (Å²) in [6.07, 6.45) is 0. The predicted octanol–water partition coefficient (Wildman–Crippen LogP) is 3.66. The average molecular weight is 231 g/mol. The molecule has 0 bridgehead atoms. The highest BCUT2D eigenvalue weighted by Gasteiger charge is 2.01. The van der Waals surface area contributed by atoms with Crippen molar-refractivity contribution in [2.45, 2.75) is 11.8 Å². The lowest BCUT2D eigenvalue weighted by Gasteiger charge is -2.07. The topological polar surface area (TPSA) is 9.23 Å². The number of halogens is 1. The molecule has 0 aliphatic rings. The van der Waals surface area contributed by atoms with Crippen molar-refractivity contribution in [2.24, 2.45) is 5.92 Å². The van der Waals surface area contributed by atoms with Crippen LogP contribution >= 0.6 is 23.4 Å². The second kappa shape index (κ2) is 6.20. The summed E-state index contributed by atoms with van der Waals surface area (Å²) in [6.45, 7) is 2.16. The zero-order chi connectivity index (χ0) is 10.4. The van der Waals surface area contributed by atoms with Crippen LogP contribution in [0.4, 0.5) is 0 Å². The van der Waals surface area contributed by atoms with E-state index in [1.807, 2.05) is 23.9 Å². The van der Waals surface area contributed by atoms with Gasteiger partial charge >= 0.3 is 0 Å². The van der Waals surface area contributed by atoms with Gasteiger partial charge < -0.3 is 4.74 Å². The normalized spacial score (nSPS) is 12.5. The molecule has 0 fully saturated rings. The Labute approximate surface area is 94.8 Å². The van der Waals surface area contributed by atoms with E-state index >= 15 is 0 Å². The molecule has 0 aliphatic carbocycles. The molecule has 0 heterocycles. The lowest BCUT2D eigenvalue weighted by Crippen LogP contribution is -1.98. The largest absolute Gasteiger partial charge is 0.497 e. The molecule has 1 atom stereocenters. The van der Waals surface area contributed by atoms with Crippen molar-refractivity contribution in [3.8, 4) is 5.75 Å². The number of hydrogen-bond acceptors (Lipinski definition) is 2. The highest BCUT2D eigenvalue weighted by Crippen LogP contribution is 2.23. The second-order valence-corrected chi connectivity index (χ2v) is 4.65. The highest BCUT2D eigenvalue weighted by atomic mass is 35.5. The van der Waals surface area contributed by atoms with Gasteiger partial charge in [-0.3, -0.25) is 0 Å². The summed E-state index contributed by atoms with van der Waals surface area (Å²) in [5.74, 6) is 3.25. The molecule has 0 saturated carbocycles. The monoisotopic (exact) mass is 230 g/mol. The molecule has 1 aromatic carbocycles. The number of ether oxygens (including phenoxy) is 1. The van der Waals surface area contributed by atoms with Crippen LogP contribution in [-0.4, -0.2) is 18.7 Å².